The molecule has 0 aliphatic heterocycles. The van der Waals surface area contributed by atoms with E-state index in [1.54, 1.807) is 0 Å². The molecule has 0 spiro atoms. The summed E-state index contributed by atoms with van der Waals surface area (Å²) in [7, 11) is 0. The van der Waals surface area contributed by atoms with E-state index >= 15 is 0 Å². The van der Waals surface area contributed by atoms with E-state index in [0.29, 0.717) is 6.42 Å². The van der Waals surface area contributed by atoms with E-state index in [0.717, 1.165) is 23.4 Å². The second-order valence-electron chi connectivity index (χ2n) is 7.24. The van der Waals surface area contributed by atoms with E-state index in [4.69, 9.17) is 0 Å². The predicted octanol–water partition coefficient (Wildman–Crippen LogP) is 4.76. The summed E-state index contributed by atoms with van der Waals surface area (Å²) in [6, 6.07) is 6.51. The molecular weight excluding hydrogens is 258 g/mol. The maximum absolute atomic E-state index is 12.5. The smallest absolute Gasteiger partial charge is 0.165 e. The number of hydrogen-bond donors (Lipinski definition) is 1. The minimum absolute atomic E-state index is 0.0468. The Kier molecular flexibility index (Phi) is 3.09. The molecule has 0 amide bonds. The van der Waals surface area contributed by atoms with Gasteiger partial charge < -0.3 is 4.98 Å². The van der Waals surface area contributed by atoms with Gasteiger partial charge in [0, 0.05) is 28.9 Å². The molecule has 3 rings (SSSR count). The molecule has 1 aromatic carbocycles. The van der Waals surface area contributed by atoms with Crippen LogP contribution in [0.2, 0.25) is 0 Å². The Labute approximate surface area is 126 Å². The number of aromatic amines is 1. The third-order valence-corrected chi connectivity index (χ3v) is 4.53. The fraction of sp³-hybridized carbons (Fsp3) is 0.421. The van der Waals surface area contributed by atoms with Crippen molar-refractivity contribution in [2.75, 3.05) is 0 Å². The maximum atomic E-state index is 12.5. The second-order valence-corrected chi connectivity index (χ2v) is 7.24. The van der Waals surface area contributed by atoms with Gasteiger partial charge in [-0.15, -0.1) is 0 Å². The van der Waals surface area contributed by atoms with Crippen molar-refractivity contribution in [3.05, 3.63) is 46.1 Å². The van der Waals surface area contributed by atoms with Crippen LogP contribution in [-0.4, -0.2) is 10.8 Å². The Morgan fingerprint density at radius 1 is 1.10 bits per heavy atom. The lowest BCUT2D eigenvalue weighted by Crippen LogP contribution is -2.26. The van der Waals surface area contributed by atoms with Gasteiger partial charge in [0.2, 0.25) is 0 Å². The minimum Gasteiger partial charge on any atom is -0.358 e. The van der Waals surface area contributed by atoms with E-state index < -0.39 is 0 Å². The van der Waals surface area contributed by atoms with Crippen molar-refractivity contribution in [2.45, 2.75) is 47.5 Å². The third kappa shape index (κ3) is 2.33. The largest absolute Gasteiger partial charge is 0.358 e. The number of carbonyl (C=O) groups excluding carboxylic acids is 1. The number of hydrogen-bond acceptors (Lipinski definition) is 1. The van der Waals surface area contributed by atoms with E-state index in [1.807, 2.05) is 6.92 Å². The van der Waals surface area contributed by atoms with Crippen LogP contribution >= 0.6 is 0 Å². The summed E-state index contributed by atoms with van der Waals surface area (Å²) in [5.41, 5.74) is 8.08. The van der Waals surface area contributed by atoms with Crippen LogP contribution in [-0.2, 0) is 6.42 Å². The summed E-state index contributed by atoms with van der Waals surface area (Å²) in [5, 5.41) is 0. The first-order chi connectivity index (χ1) is 9.78. The number of aryl methyl sites for hydroxylation is 3. The van der Waals surface area contributed by atoms with Crippen molar-refractivity contribution in [3.63, 3.8) is 0 Å². The quantitative estimate of drug-likeness (QED) is 0.803. The number of benzene rings is 1. The molecule has 0 radical (unpaired) electrons. The second kappa shape index (κ2) is 4.59. The number of nitrogens with one attached hydrogen (secondary N) is 1. The molecule has 0 saturated carbocycles. The fourth-order valence-corrected chi connectivity index (χ4v) is 3.53. The number of rotatable bonds is 1. The molecule has 2 aromatic rings. The topological polar surface area (TPSA) is 32.9 Å². The van der Waals surface area contributed by atoms with Crippen molar-refractivity contribution in [1.29, 1.82) is 0 Å². The molecule has 1 aliphatic rings. The number of fused-ring (bicyclic) bond motifs is 1. The molecular formula is C19H23NO. The third-order valence-electron chi connectivity index (χ3n) is 4.53. The van der Waals surface area contributed by atoms with Crippen molar-refractivity contribution < 1.29 is 4.79 Å². The molecule has 0 saturated heterocycles. The summed E-state index contributed by atoms with van der Waals surface area (Å²) in [6.07, 6.45) is 1.60. The molecule has 1 aliphatic carbocycles. The van der Waals surface area contributed by atoms with Crippen molar-refractivity contribution >= 4 is 5.78 Å². The van der Waals surface area contributed by atoms with E-state index in [1.165, 1.54) is 22.3 Å². The summed E-state index contributed by atoms with van der Waals surface area (Å²) in [4.78, 5) is 16.0. The highest BCUT2D eigenvalue weighted by atomic mass is 16.1. The highest BCUT2D eigenvalue weighted by molar-refractivity contribution is 6.02. The Hall–Kier alpha value is -1.83. The van der Waals surface area contributed by atoms with Crippen molar-refractivity contribution in [3.8, 4) is 11.3 Å². The lowest BCUT2D eigenvalue weighted by atomic mass is 9.73. The zero-order chi connectivity index (χ0) is 15.4. The van der Waals surface area contributed by atoms with Gasteiger partial charge in [-0.1, -0.05) is 31.5 Å². The van der Waals surface area contributed by atoms with E-state index in [-0.39, 0.29) is 11.2 Å². The van der Waals surface area contributed by atoms with Crippen LogP contribution < -0.4 is 0 Å². The number of Topliss-reactive ketones (excluding diaryl/α,β-unsaturated/α-hetero) is 1. The molecule has 110 valence electrons. The van der Waals surface area contributed by atoms with Crippen LogP contribution in [0.3, 0.4) is 0 Å². The Morgan fingerprint density at radius 3 is 2.52 bits per heavy atom. The number of ketones is 1. The highest BCUT2D eigenvalue weighted by Gasteiger charge is 2.35. The van der Waals surface area contributed by atoms with Crippen molar-refractivity contribution in [1.82, 2.24) is 4.98 Å². The number of H-pyrrole nitrogens is 1. The molecule has 0 atom stereocenters. The lowest BCUT2D eigenvalue weighted by Gasteiger charge is -2.29. The highest BCUT2D eigenvalue weighted by Crippen LogP contribution is 2.41. The van der Waals surface area contributed by atoms with Crippen LogP contribution in [0, 0.1) is 26.2 Å². The number of aromatic nitrogens is 1. The van der Waals surface area contributed by atoms with Gasteiger partial charge in [-0.05, 0) is 49.8 Å². The fourth-order valence-electron chi connectivity index (χ4n) is 3.53. The van der Waals surface area contributed by atoms with Gasteiger partial charge >= 0.3 is 0 Å². The number of carbonyl (C=O) groups is 1. The normalized spacial score (nSPS) is 16.9. The first-order valence-electron chi connectivity index (χ1n) is 7.61. The van der Waals surface area contributed by atoms with Gasteiger partial charge in [0.05, 0.1) is 0 Å². The molecule has 1 N–H and O–H groups in total. The molecule has 0 fully saturated rings. The first-order valence-corrected chi connectivity index (χ1v) is 7.61. The van der Waals surface area contributed by atoms with E-state index in [2.05, 4.69) is 50.9 Å². The summed E-state index contributed by atoms with van der Waals surface area (Å²) < 4.78 is 0. The van der Waals surface area contributed by atoms with Gasteiger partial charge in [0.25, 0.3) is 0 Å². The summed E-state index contributed by atoms with van der Waals surface area (Å²) in [5.74, 6) is 0.284. The van der Waals surface area contributed by atoms with Gasteiger partial charge in [-0.3, -0.25) is 4.79 Å². The molecule has 1 aromatic heterocycles. The van der Waals surface area contributed by atoms with Crippen LogP contribution in [0.15, 0.2) is 18.2 Å². The van der Waals surface area contributed by atoms with Gasteiger partial charge in [0.15, 0.2) is 5.78 Å². The molecule has 2 heteroatoms. The average Bonchev–Trinajstić information content (AvgIpc) is 2.68. The molecule has 2 nitrogen and oxygen atoms in total. The molecule has 1 heterocycles. The van der Waals surface area contributed by atoms with Crippen LogP contribution in [0.1, 0.15) is 53.0 Å². The van der Waals surface area contributed by atoms with Gasteiger partial charge in [0.1, 0.15) is 0 Å². The summed E-state index contributed by atoms with van der Waals surface area (Å²) in [6.45, 7) is 10.6. The maximum Gasteiger partial charge on any atom is 0.165 e. The molecule has 0 bridgehead atoms. The van der Waals surface area contributed by atoms with E-state index in [9.17, 15) is 4.79 Å². The SMILES string of the molecule is Cc1ccc(C)c(-c2[nH]c(C)c3c2CC(C)(C)CC3=O)c1. The Balaban J connectivity index is 2.25. The van der Waals surface area contributed by atoms with Gasteiger partial charge in [-0.2, -0.15) is 0 Å². The molecule has 21 heavy (non-hydrogen) atoms. The van der Waals surface area contributed by atoms with Crippen LogP contribution in [0.4, 0.5) is 0 Å². The average molecular weight is 281 g/mol. The van der Waals surface area contributed by atoms with Crippen LogP contribution in [0.25, 0.3) is 11.3 Å². The predicted molar refractivity (Wildman–Crippen MR) is 86.9 cm³/mol. The zero-order valence-corrected chi connectivity index (χ0v) is 13.6. The van der Waals surface area contributed by atoms with Crippen molar-refractivity contribution in [2.24, 2.45) is 5.41 Å². The Bertz CT molecular complexity index is 734. The minimum atomic E-state index is 0.0468. The molecule has 0 unspecified atom stereocenters. The first kappa shape index (κ1) is 14.1. The standard InChI is InChI=1S/C19H23NO/c1-11-6-7-12(2)14(8-11)18-15-9-19(4,5)10-16(21)17(15)13(3)20-18/h6-8,20H,9-10H2,1-5H3. The zero-order valence-electron chi connectivity index (χ0n) is 13.6. The monoisotopic (exact) mass is 281 g/mol. The lowest BCUT2D eigenvalue weighted by molar-refractivity contribution is 0.0912. The Morgan fingerprint density at radius 2 is 1.81 bits per heavy atom. The van der Waals surface area contributed by atoms with Gasteiger partial charge in [-0.25, -0.2) is 0 Å². The summed E-state index contributed by atoms with van der Waals surface area (Å²) >= 11 is 0. The van der Waals surface area contributed by atoms with Crippen LogP contribution in [0.5, 0.6) is 0 Å².